The molecule has 30 heavy (non-hydrogen) atoms. The van der Waals surface area contributed by atoms with Crippen LogP contribution in [0.2, 0.25) is 5.02 Å². The van der Waals surface area contributed by atoms with E-state index in [1.807, 2.05) is 42.5 Å². The molecule has 0 saturated carbocycles. The Bertz CT molecular complexity index is 953. The highest BCUT2D eigenvalue weighted by Gasteiger charge is 2.34. The summed E-state index contributed by atoms with van der Waals surface area (Å²) in [6.45, 7) is 3.72. The van der Waals surface area contributed by atoms with Gasteiger partial charge in [0.2, 0.25) is 11.8 Å². The lowest BCUT2D eigenvalue weighted by molar-refractivity contribution is -0.129. The third kappa shape index (κ3) is 5.67. The van der Waals surface area contributed by atoms with E-state index in [9.17, 15) is 9.59 Å². The minimum absolute atomic E-state index is 0.226. The molecule has 0 aromatic heterocycles. The van der Waals surface area contributed by atoms with E-state index in [0.717, 1.165) is 5.56 Å². The van der Waals surface area contributed by atoms with E-state index in [2.05, 4.69) is 10.4 Å². The number of benzene rings is 2. The summed E-state index contributed by atoms with van der Waals surface area (Å²) in [5, 5.41) is 8.74. The molecule has 0 radical (unpaired) electrons. The fraction of sp³-hybridized carbons (Fsp3) is 0.286. The molecule has 1 aliphatic rings. The van der Waals surface area contributed by atoms with E-state index in [1.165, 1.54) is 30.6 Å². The SMILES string of the molecule is CC(=O)NC1=NN(C(C)=O)[C@H](c2ccccc2OCCCOc2ccccc2Cl)S1. The number of hydrogen-bond acceptors (Lipinski definition) is 6. The molecule has 158 valence electrons. The maximum absolute atomic E-state index is 12.1. The number of rotatable bonds is 7. The molecule has 0 saturated heterocycles. The van der Waals surface area contributed by atoms with Crippen LogP contribution < -0.4 is 14.8 Å². The Morgan fingerprint density at radius 3 is 2.37 bits per heavy atom. The third-order valence-electron chi connectivity index (χ3n) is 4.08. The van der Waals surface area contributed by atoms with Crippen molar-refractivity contribution in [2.24, 2.45) is 5.10 Å². The standard InChI is InChI=1S/C21H22ClN3O4S/c1-14(26)23-21-24-25(15(2)27)20(30-21)16-8-3-5-10-18(16)28-12-7-13-29-19-11-6-4-9-17(19)22/h3-6,8-11,20H,7,12-13H2,1-2H3,(H,23,24,26)/t20-/m0/s1. The van der Waals surface area contributed by atoms with Crippen LogP contribution in [0.15, 0.2) is 53.6 Å². The van der Waals surface area contributed by atoms with Crippen molar-refractivity contribution in [1.29, 1.82) is 0 Å². The lowest BCUT2D eigenvalue weighted by Crippen LogP contribution is -2.25. The molecule has 0 unspecified atom stereocenters. The van der Waals surface area contributed by atoms with Crippen LogP contribution in [0.4, 0.5) is 0 Å². The zero-order valence-electron chi connectivity index (χ0n) is 16.6. The summed E-state index contributed by atoms with van der Waals surface area (Å²) in [5.41, 5.74) is 0.800. The number of carbonyl (C=O) groups excluding carboxylic acids is 2. The number of nitrogens with one attached hydrogen (secondary N) is 1. The van der Waals surface area contributed by atoms with Crippen molar-refractivity contribution < 1.29 is 19.1 Å². The van der Waals surface area contributed by atoms with Gasteiger partial charge in [-0.25, -0.2) is 5.01 Å². The van der Waals surface area contributed by atoms with Crippen LogP contribution in [0.25, 0.3) is 0 Å². The summed E-state index contributed by atoms with van der Waals surface area (Å²) >= 11 is 7.37. The molecule has 0 spiro atoms. The van der Waals surface area contributed by atoms with Crippen molar-refractivity contribution in [2.45, 2.75) is 25.6 Å². The van der Waals surface area contributed by atoms with Gasteiger partial charge in [-0.3, -0.25) is 9.59 Å². The summed E-state index contributed by atoms with van der Waals surface area (Å²) in [4.78, 5) is 23.4. The quantitative estimate of drug-likeness (QED) is 0.644. The number of para-hydroxylation sites is 2. The van der Waals surface area contributed by atoms with Crippen LogP contribution in [0.1, 0.15) is 31.2 Å². The number of ether oxygens (including phenoxy) is 2. The number of thioether (sulfide) groups is 1. The van der Waals surface area contributed by atoms with Crippen LogP contribution in [0.3, 0.4) is 0 Å². The predicted octanol–water partition coefficient (Wildman–Crippen LogP) is 4.19. The second-order valence-electron chi connectivity index (χ2n) is 6.44. The molecule has 0 aliphatic carbocycles. The lowest BCUT2D eigenvalue weighted by atomic mass is 10.2. The maximum atomic E-state index is 12.1. The Labute approximate surface area is 184 Å². The second-order valence-corrected chi connectivity index (χ2v) is 7.91. The normalized spacial score (nSPS) is 15.5. The Kier molecular flexibility index (Phi) is 7.59. The van der Waals surface area contributed by atoms with Gasteiger partial charge in [-0.2, -0.15) is 0 Å². The fourth-order valence-corrected chi connectivity index (χ4v) is 4.12. The predicted molar refractivity (Wildman–Crippen MR) is 118 cm³/mol. The van der Waals surface area contributed by atoms with Crippen molar-refractivity contribution in [3.05, 3.63) is 59.1 Å². The molecule has 2 amide bonds. The highest BCUT2D eigenvalue weighted by atomic mass is 35.5. The molecule has 1 aliphatic heterocycles. The number of nitrogens with zero attached hydrogens (tertiary/aromatic N) is 2. The van der Waals surface area contributed by atoms with E-state index in [4.69, 9.17) is 21.1 Å². The molecule has 1 N–H and O–H groups in total. The van der Waals surface area contributed by atoms with Gasteiger partial charge in [0, 0.05) is 25.8 Å². The molecule has 0 bridgehead atoms. The van der Waals surface area contributed by atoms with Crippen LogP contribution in [-0.2, 0) is 9.59 Å². The van der Waals surface area contributed by atoms with Gasteiger partial charge in [0.1, 0.15) is 16.9 Å². The van der Waals surface area contributed by atoms with E-state index >= 15 is 0 Å². The number of halogens is 1. The van der Waals surface area contributed by atoms with Crippen LogP contribution in [0, 0.1) is 0 Å². The van der Waals surface area contributed by atoms with Crippen LogP contribution in [0.5, 0.6) is 11.5 Å². The molecule has 7 nitrogen and oxygen atoms in total. The van der Waals surface area contributed by atoms with Gasteiger partial charge in [-0.05, 0) is 18.2 Å². The van der Waals surface area contributed by atoms with Gasteiger partial charge in [-0.15, -0.1) is 5.10 Å². The van der Waals surface area contributed by atoms with Gasteiger partial charge in [0.25, 0.3) is 0 Å². The minimum Gasteiger partial charge on any atom is -0.493 e. The van der Waals surface area contributed by atoms with Crippen molar-refractivity contribution >= 4 is 40.3 Å². The lowest BCUT2D eigenvalue weighted by Gasteiger charge is -2.21. The summed E-state index contributed by atoms with van der Waals surface area (Å²) < 4.78 is 11.6. The monoisotopic (exact) mass is 447 g/mol. The molecule has 0 fully saturated rings. The zero-order valence-corrected chi connectivity index (χ0v) is 18.2. The summed E-state index contributed by atoms with van der Waals surface area (Å²) in [7, 11) is 0. The topological polar surface area (TPSA) is 80.2 Å². The molecule has 2 aromatic carbocycles. The second kappa shape index (κ2) is 10.4. The first-order valence-corrected chi connectivity index (χ1v) is 10.6. The molecular weight excluding hydrogens is 426 g/mol. The summed E-state index contributed by atoms with van der Waals surface area (Å²) in [6, 6.07) is 14.8. The summed E-state index contributed by atoms with van der Waals surface area (Å²) in [5.74, 6) is 0.823. The molecule has 1 heterocycles. The Morgan fingerprint density at radius 1 is 1.07 bits per heavy atom. The first-order chi connectivity index (χ1) is 14.5. The Morgan fingerprint density at radius 2 is 1.70 bits per heavy atom. The molecule has 2 aromatic rings. The Hall–Kier alpha value is -2.71. The van der Waals surface area contributed by atoms with Crippen LogP contribution in [-0.4, -0.2) is 35.2 Å². The summed E-state index contributed by atoms with van der Waals surface area (Å²) in [6.07, 6.45) is 0.654. The number of carbonyl (C=O) groups is 2. The average Bonchev–Trinajstić information content (AvgIpc) is 3.12. The highest BCUT2D eigenvalue weighted by Crippen LogP contribution is 2.42. The molecule has 3 rings (SSSR count). The first kappa shape index (κ1) is 22.0. The van der Waals surface area contributed by atoms with Crippen molar-refractivity contribution in [3.63, 3.8) is 0 Å². The van der Waals surface area contributed by atoms with Crippen LogP contribution >= 0.6 is 23.4 Å². The number of amidine groups is 1. The largest absolute Gasteiger partial charge is 0.493 e. The van der Waals surface area contributed by atoms with Crippen molar-refractivity contribution in [3.8, 4) is 11.5 Å². The van der Waals surface area contributed by atoms with E-state index < -0.39 is 5.37 Å². The number of amides is 2. The molecule has 1 atom stereocenters. The minimum atomic E-state index is -0.417. The van der Waals surface area contributed by atoms with Gasteiger partial charge < -0.3 is 14.8 Å². The molecular formula is C21H22ClN3O4S. The average molecular weight is 448 g/mol. The van der Waals surface area contributed by atoms with E-state index in [0.29, 0.717) is 41.3 Å². The van der Waals surface area contributed by atoms with Gasteiger partial charge >= 0.3 is 0 Å². The van der Waals surface area contributed by atoms with Gasteiger partial charge in [-0.1, -0.05) is 53.7 Å². The van der Waals surface area contributed by atoms with Crippen molar-refractivity contribution in [2.75, 3.05) is 13.2 Å². The van der Waals surface area contributed by atoms with E-state index in [1.54, 1.807) is 6.07 Å². The molecule has 9 heteroatoms. The fourth-order valence-electron chi connectivity index (χ4n) is 2.77. The number of hydrazone groups is 1. The zero-order chi connectivity index (χ0) is 21.5. The smallest absolute Gasteiger partial charge is 0.241 e. The highest BCUT2D eigenvalue weighted by molar-refractivity contribution is 8.14. The Balaban J connectivity index is 1.61. The van der Waals surface area contributed by atoms with Gasteiger partial charge in [0.15, 0.2) is 5.17 Å². The van der Waals surface area contributed by atoms with Crippen molar-refractivity contribution in [1.82, 2.24) is 10.3 Å². The van der Waals surface area contributed by atoms with E-state index in [-0.39, 0.29) is 11.8 Å². The third-order valence-corrected chi connectivity index (χ3v) is 5.47. The maximum Gasteiger partial charge on any atom is 0.241 e. The van der Waals surface area contributed by atoms with Gasteiger partial charge in [0.05, 0.1) is 18.2 Å². The first-order valence-electron chi connectivity index (χ1n) is 9.37. The number of hydrogen-bond donors (Lipinski definition) is 1.